The van der Waals surface area contributed by atoms with Crippen molar-refractivity contribution in [3.05, 3.63) is 17.7 Å². The molecule has 0 saturated carbocycles. The number of piperidine rings is 1. The number of likely N-dealkylation sites (tertiary alicyclic amines) is 1. The zero-order valence-electron chi connectivity index (χ0n) is 19.5. The molecule has 8 nitrogen and oxygen atoms in total. The number of ether oxygens (including phenoxy) is 6. The normalized spacial score (nSPS) is 17.8. The molecule has 1 fully saturated rings. The minimum Gasteiger partial charge on any atom is -0.493 e. The second-order valence-corrected chi connectivity index (χ2v) is 7.54. The Kier molecular flexibility index (Phi) is 10.9. The van der Waals surface area contributed by atoms with Gasteiger partial charge in [-0.25, -0.2) is 0 Å². The summed E-state index contributed by atoms with van der Waals surface area (Å²) in [5.74, 6) is 1.56. The van der Waals surface area contributed by atoms with Crippen LogP contribution in [-0.4, -0.2) is 78.4 Å². The predicted molar refractivity (Wildman–Crippen MR) is 117 cm³/mol. The van der Waals surface area contributed by atoms with Gasteiger partial charge in [-0.2, -0.15) is 0 Å². The second-order valence-electron chi connectivity index (χ2n) is 7.54. The first kappa shape index (κ1) is 25.2. The van der Waals surface area contributed by atoms with Crippen molar-refractivity contribution in [1.82, 2.24) is 4.90 Å². The summed E-state index contributed by atoms with van der Waals surface area (Å²) in [6, 6.07) is 3.53. The first-order valence-electron chi connectivity index (χ1n) is 10.8. The van der Waals surface area contributed by atoms with Crippen molar-refractivity contribution in [2.75, 3.05) is 55.3 Å². The third kappa shape index (κ3) is 6.98. The van der Waals surface area contributed by atoms with Crippen LogP contribution in [0.3, 0.4) is 0 Å². The molecule has 0 aromatic heterocycles. The summed E-state index contributed by atoms with van der Waals surface area (Å²) in [5.41, 5.74) is 0.971. The third-order valence-electron chi connectivity index (χ3n) is 5.58. The van der Waals surface area contributed by atoms with Crippen LogP contribution in [0.4, 0.5) is 0 Å². The highest BCUT2D eigenvalue weighted by molar-refractivity contribution is 5.76. The molecule has 0 amide bonds. The molecule has 31 heavy (non-hydrogen) atoms. The van der Waals surface area contributed by atoms with E-state index in [9.17, 15) is 4.79 Å². The van der Waals surface area contributed by atoms with Gasteiger partial charge < -0.3 is 28.4 Å². The zero-order valence-corrected chi connectivity index (χ0v) is 19.5. The molecule has 1 heterocycles. The van der Waals surface area contributed by atoms with Crippen molar-refractivity contribution < 1.29 is 33.2 Å². The largest absolute Gasteiger partial charge is 0.493 e. The van der Waals surface area contributed by atoms with E-state index in [1.807, 2.05) is 12.1 Å². The molecule has 0 aliphatic carbocycles. The first-order valence-corrected chi connectivity index (χ1v) is 10.8. The molecule has 2 atom stereocenters. The van der Waals surface area contributed by atoms with Crippen LogP contribution in [0.5, 0.6) is 17.2 Å². The van der Waals surface area contributed by atoms with E-state index in [1.165, 1.54) is 0 Å². The van der Waals surface area contributed by atoms with Gasteiger partial charge in [-0.1, -0.05) is 6.42 Å². The number of benzene rings is 1. The molecule has 2 rings (SSSR count). The van der Waals surface area contributed by atoms with E-state index in [0.717, 1.165) is 44.2 Å². The summed E-state index contributed by atoms with van der Waals surface area (Å²) < 4.78 is 32.8. The third-order valence-corrected chi connectivity index (χ3v) is 5.58. The lowest BCUT2D eigenvalue weighted by Gasteiger charge is -2.39. The van der Waals surface area contributed by atoms with Crippen LogP contribution in [-0.2, 0) is 25.4 Å². The molecule has 2 unspecified atom stereocenters. The summed E-state index contributed by atoms with van der Waals surface area (Å²) in [4.78, 5) is 14.9. The topological polar surface area (TPSA) is 75.7 Å². The minimum absolute atomic E-state index is 0.177. The second kappa shape index (κ2) is 13.4. The Morgan fingerprint density at radius 1 is 1.00 bits per heavy atom. The lowest BCUT2D eigenvalue weighted by atomic mass is 10.00. The summed E-state index contributed by atoms with van der Waals surface area (Å²) in [6.45, 7) is 1.87. The Bertz CT molecular complexity index is 657. The molecule has 1 aromatic carbocycles. The van der Waals surface area contributed by atoms with Crippen molar-refractivity contribution in [1.29, 1.82) is 0 Å². The SMILES string of the molecule is COCCCCOC(=O)C1CCCCN1C(Cc1cc(OC)c(OC)c(OC)c1)OC. The van der Waals surface area contributed by atoms with Crippen molar-refractivity contribution in [3.63, 3.8) is 0 Å². The van der Waals surface area contributed by atoms with E-state index in [4.69, 9.17) is 28.4 Å². The summed E-state index contributed by atoms with van der Waals surface area (Å²) in [7, 11) is 8.11. The zero-order chi connectivity index (χ0) is 22.6. The van der Waals surface area contributed by atoms with E-state index in [-0.39, 0.29) is 18.2 Å². The predicted octanol–water partition coefficient (Wildman–Crippen LogP) is 3.05. The summed E-state index contributed by atoms with van der Waals surface area (Å²) in [5, 5.41) is 0. The van der Waals surface area contributed by atoms with Gasteiger partial charge in [0.05, 0.1) is 27.9 Å². The average Bonchev–Trinajstić information content (AvgIpc) is 2.81. The Labute approximate surface area is 185 Å². The highest BCUT2D eigenvalue weighted by Crippen LogP contribution is 2.39. The Hall–Kier alpha value is -2.03. The lowest BCUT2D eigenvalue weighted by molar-refractivity contribution is -0.159. The number of methoxy groups -OCH3 is 5. The molecule has 1 saturated heterocycles. The standard InChI is InChI=1S/C23H37NO7/c1-26-12-8-9-13-31-23(25)18-10-6-7-11-24(18)21(29-4)16-17-14-19(27-2)22(30-5)20(15-17)28-3/h14-15,18,21H,6-13,16H2,1-5H3. The number of carbonyl (C=O) groups excluding carboxylic acids is 1. The van der Waals surface area contributed by atoms with Gasteiger partial charge in [0.15, 0.2) is 11.5 Å². The summed E-state index contributed by atoms with van der Waals surface area (Å²) >= 11 is 0. The van der Waals surface area contributed by atoms with Gasteiger partial charge in [-0.3, -0.25) is 9.69 Å². The molecular weight excluding hydrogens is 402 g/mol. The maximum atomic E-state index is 12.8. The van der Waals surface area contributed by atoms with Crippen LogP contribution >= 0.6 is 0 Å². The van der Waals surface area contributed by atoms with E-state index < -0.39 is 0 Å². The molecule has 1 aliphatic heterocycles. The molecule has 0 spiro atoms. The van der Waals surface area contributed by atoms with Crippen LogP contribution in [0.25, 0.3) is 0 Å². The Morgan fingerprint density at radius 3 is 2.26 bits per heavy atom. The number of nitrogens with zero attached hydrogens (tertiary/aromatic N) is 1. The molecule has 0 radical (unpaired) electrons. The summed E-state index contributed by atoms with van der Waals surface area (Å²) in [6.07, 6.45) is 4.77. The molecule has 0 N–H and O–H groups in total. The van der Waals surface area contributed by atoms with Crippen molar-refractivity contribution >= 4 is 5.97 Å². The quantitative estimate of drug-likeness (QED) is 0.343. The van der Waals surface area contributed by atoms with E-state index in [0.29, 0.717) is 36.9 Å². The van der Waals surface area contributed by atoms with Gasteiger partial charge in [0.1, 0.15) is 12.3 Å². The highest BCUT2D eigenvalue weighted by Gasteiger charge is 2.35. The van der Waals surface area contributed by atoms with Gasteiger partial charge in [-0.15, -0.1) is 0 Å². The van der Waals surface area contributed by atoms with E-state index in [2.05, 4.69) is 4.90 Å². The monoisotopic (exact) mass is 439 g/mol. The number of carbonyl (C=O) groups is 1. The fourth-order valence-corrected chi connectivity index (χ4v) is 3.96. The molecule has 1 aliphatic rings. The fourth-order valence-electron chi connectivity index (χ4n) is 3.96. The van der Waals surface area contributed by atoms with Gasteiger partial charge in [0.2, 0.25) is 5.75 Å². The van der Waals surface area contributed by atoms with E-state index in [1.54, 1.807) is 35.5 Å². The average molecular weight is 440 g/mol. The number of unbranched alkanes of at least 4 members (excludes halogenated alkanes) is 1. The molecular formula is C23H37NO7. The van der Waals surface area contributed by atoms with E-state index >= 15 is 0 Å². The van der Waals surface area contributed by atoms with Crippen LogP contribution in [0.15, 0.2) is 12.1 Å². The van der Waals surface area contributed by atoms with Gasteiger partial charge in [0, 0.05) is 33.8 Å². The molecule has 1 aromatic rings. The number of hydrogen-bond acceptors (Lipinski definition) is 8. The van der Waals surface area contributed by atoms with Crippen LogP contribution in [0.2, 0.25) is 0 Å². The van der Waals surface area contributed by atoms with Crippen molar-refractivity contribution in [3.8, 4) is 17.2 Å². The molecule has 0 bridgehead atoms. The smallest absolute Gasteiger partial charge is 0.323 e. The maximum Gasteiger partial charge on any atom is 0.323 e. The minimum atomic E-state index is -0.303. The van der Waals surface area contributed by atoms with Gasteiger partial charge in [-0.05, 0) is 43.4 Å². The lowest BCUT2D eigenvalue weighted by Crippen LogP contribution is -2.52. The molecule has 176 valence electrons. The fraction of sp³-hybridized carbons (Fsp3) is 0.696. The van der Waals surface area contributed by atoms with Gasteiger partial charge in [0.25, 0.3) is 0 Å². The Morgan fingerprint density at radius 2 is 1.68 bits per heavy atom. The van der Waals surface area contributed by atoms with Crippen molar-refractivity contribution in [2.45, 2.75) is 50.8 Å². The van der Waals surface area contributed by atoms with Crippen LogP contribution in [0.1, 0.15) is 37.7 Å². The number of esters is 1. The highest BCUT2D eigenvalue weighted by atomic mass is 16.5. The maximum absolute atomic E-state index is 12.8. The Balaban J connectivity index is 2.11. The van der Waals surface area contributed by atoms with Crippen LogP contribution in [0, 0.1) is 0 Å². The first-order chi connectivity index (χ1) is 15.1. The molecule has 8 heteroatoms. The van der Waals surface area contributed by atoms with Crippen LogP contribution < -0.4 is 14.2 Å². The van der Waals surface area contributed by atoms with Gasteiger partial charge >= 0.3 is 5.97 Å². The number of hydrogen-bond donors (Lipinski definition) is 0. The number of rotatable bonds is 13. The van der Waals surface area contributed by atoms with Crippen molar-refractivity contribution in [2.24, 2.45) is 0 Å².